The van der Waals surface area contributed by atoms with E-state index in [1.807, 2.05) is 6.92 Å². The average Bonchev–Trinajstić information content (AvgIpc) is 2.99. The van der Waals surface area contributed by atoms with Gasteiger partial charge in [0.1, 0.15) is 0 Å². The van der Waals surface area contributed by atoms with Crippen molar-refractivity contribution >= 4 is 11.8 Å². The van der Waals surface area contributed by atoms with Gasteiger partial charge < -0.3 is 4.74 Å². The molecular weight excluding hydrogens is 218 g/mol. The zero-order valence-electron chi connectivity index (χ0n) is 10.2. The number of imide groups is 1. The summed E-state index contributed by atoms with van der Waals surface area (Å²) in [6.07, 6.45) is 5.37. The van der Waals surface area contributed by atoms with E-state index in [2.05, 4.69) is 0 Å². The van der Waals surface area contributed by atoms with Crippen LogP contribution in [0.3, 0.4) is 0 Å². The molecule has 4 heteroatoms. The van der Waals surface area contributed by atoms with Crippen LogP contribution in [-0.2, 0) is 14.3 Å². The summed E-state index contributed by atoms with van der Waals surface area (Å²) in [5.41, 5.74) is 0. The van der Waals surface area contributed by atoms with Crippen LogP contribution in [0.15, 0.2) is 0 Å². The second-order valence-electron chi connectivity index (χ2n) is 5.49. The van der Waals surface area contributed by atoms with Gasteiger partial charge in [-0.05, 0) is 26.2 Å². The normalized spacial score (nSPS) is 40.6. The monoisotopic (exact) mass is 237 g/mol. The summed E-state index contributed by atoms with van der Waals surface area (Å²) in [6, 6.07) is 0. The fraction of sp³-hybridized carbons (Fsp3) is 0.846. The predicted molar refractivity (Wildman–Crippen MR) is 61.1 cm³/mol. The summed E-state index contributed by atoms with van der Waals surface area (Å²) in [5, 5.41) is 0. The first-order chi connectivity index (χ1) is 8.18. The number of amides is 2. The molecule has 3 rings (SSSR count). The first-order valence-corrected chi connectivity index (χ1v) is 6.69. The van der Waals surface area contributed by atoms with Crippen LogP contribution in [0.1, 0.15) is 39.0 Å². The van der Waals surface area contributed by atoms with E-state index in [4.69, 9.17) is 4.74 Å². The Bertz CT molecular complexity index is 331. The molecule has 2 aliphatic heterocycles. The Kier molecular flexibility index (Phi) is 2.69. The molecule has 0 aromatic rings. The number of hydrogen-bond acceptors (Lipinski definition) is 3. The molecule has 17 heavy (non-hydrogen) atoms. The molecule has 3 aliphatic rings. The summed E-state index contributed by atoms with van der Waals surface area (Å²) in [4.78, 5) is 25.8. The Morgan fingerprint density at radius 2 is 1.71 bits per heavy atom. The van der Waals surface area contributed by atoms with E-state index in [-0.39, 0.29) is 29.8 Å². The maximum absolute atomic E-state index is 12.1. The first kappa shape index (κ1) is 11.2. The smallest absolute Gasteiger partial charge is 0.233 e. The highest BCUT2D eigenvalue weighted by molar-refractivity contribution is 6.05. The van der Waals surface area contributed by atoms with E-state index in [9.17, 15) is 9.59 Å². The molecule has 0 bridgehead atoms. The van der Waals surface area contributed by atoms with E-state index >= 15 is 0 Å². The minimum atomic E-state index is -0.00575. The van der Waals surface area contributed by atoms with Gasteiger partial charge in [0.2, 0.25) is 11.8 Å². The van der Waals surface area contributed by atoms with Crippen LogP contribution in [-0.4, -0.2) is 35.5 Å². The van der Waals surface area contributed by atoms with Crippen LogP contribution in [0, 0.1) is 11.8 Å². The lowest BCUT2D eigenvalue weighted by atomic mass is 9.81. The topological polar surface area (TPSA) is 49.9 Å². The quantitative estimate of drug-likeness (QED) is 0.550. The van der Waals surface area contributed by atoms with Gasteiger partial charge in [-0.15, -0.1) is 0 Å². The molecule has 0 spiro atoms. The van der Waals surface area contributed by atoms with Gasteiger partial charge in [0.25, 0.3) is 0 Å². The van der Waals surface area contributed by atoms with Gasteiger partial charge in [0, 0.05) is 6.54 Å². The fourth-order valence-corrected chi connectivity index (χ4v) is 3.24. The molecule has 1 saturated carbocycles. The zero-order valence-corrected chi connectivity index (χ0v) is 10.2. The van der Waals surface area contributed by atoms with E-state index in [1.165, 1.54) is 4.90 Å². The molecule has 0 radical (unpaired) electrons. The third-order valence-corrected chi connectivity index (χ3v) is 4.41. The molecule has 0 N–H and O–H groups in total. The highest BCUT2D eigenvalue weighted by Crippen LogP contribution is 2.38. The lowest BCUT2D eigenvalue weighted by Crippen LogP contribution is -2.32. The van der Waals surface area contributed by atoms with Crippen molar-refractivity contribution in [2.24, 2.45) is 11.8 Å². The fourth-order valence-electron chi connectivity index (χ4n) is 3.24. The summed E-state index contributed by atoms with van der Waals surface area (Å²) < 4.78 is 5.32. The summed E-state index contributed by atoms with van der Waals surface area (Å²) >= 11 is 0. The van der Waals surface area contributed by atoms with Crippen molar-refractivity contribution in [3.05, 3.63) is 0 Å². The van der Waals surface area contributed by atoms with E-state index in [0.717, 1.165) is 32.1 Å². The number of carbonyl (C=O) groups excluding carboxylic acids is 2. The Balaban J connectivity index is 1.63. The van der Waals surface area contributed by atoms with Crippen molar-refractivity contribution in [3.8, 4) is 0 Å². The number of rotatable bonds is 3. The van der Waals surface area contributed by atoms with Crippen LogP contribution in [0.2, 0.25) is 0 Å². The van der Waals surface area contributed by atoms with E-state index in [1.54, 1.807) is 0 Å². The van der Waals surface area contributed by atoms with Crippen LogP contribution < -0.4 is 0 Å². The lowest BCUT2D eigenvalue weighted by molar-refractivity contribution is -0.140. The van der Waals surface area contributed by atoms with Gasteiger partial charge in [-0.2, -0.15) is 0 Å². The third kappa shape index (κ3) is 1.88. The molecule has 94 valence electrons. The van der Waals surface area contributed by atoms with Crippen molar-refractivity contribution in [3.63, 3.8) is 0 Å². The zero-order chi connectivity index (χ0) is 12.0. The highest BCUT2D eigenvalue weighted by Gasteiger charge is 2.48. The van der Waals surface area contributed by atoms with Crippen LogP contribution >= 0.6 is 0 Å². The summed E-state index contributed by atoms with van der Waals surface area (Å²) in [5.74, 6) is 0.142. The van der Waals surface area contributed by atoms with Gasteiger partial charge in [-0.1, -0.05) is 12.8 Å². The number of carbonyl (C=O) groups is 2. The molecule has 4 nitrogen and oxygen atoms in total. The SMILES string of the molecule is CC1OC1CCN1C(=O)C2CCCCC2C1=O. The lowest BCUT2D eigenvalue weighted by Gasteiger charge is -2.19. The molecule has 0 aromatic carbocycles. The molecule has 3 fully saturated rings. The van der Waals surface area contributed by atoms with Crippen LogP contribution in [0.25, 0.3) is 0 Å². The van der Waals surface area contributed by atoms with Crippen molar-refractivity contribution in [2.45, 2.75) is 51.2 Å². The van der Waals surface area contributed by atoms with Crippen LogP contribution in [0.4, 0.5) is 0 Å². The minimum absolute atomic E-state index is 0.00575. The standard InChI is InChI=1S/C13H19NO3/c1-8-11(17-8)6-7-14-12(15)9-4-2-3-5-10(9)13(14)16/h8-11H,2-7H2,1H3. The Labute approximate surface area is 101 Å². The van der Waals surface area contributed by atoms with Gasteiger partial charge in [0.15, 0.2) is 0 Å². The summed E-state index contributed by atoms with van der Waals surface area (Å²) in [7, 11) is 0. The van der Waals surface area contributed by atoms with Gasteiger partial charge in [0.05, 0.1) is 24.0 Å². The average molecular weight is 237 g/mol. The Morgan fingerprint density at radius 1 is 1.18 bits per heavy atom. The number of fused-ring (bicyclic) bond motifs is 1. The summed E-state index contributed by atoms with van der Waals surface area (Å²) in [6.45, 7) is 2.58. The Hall–Kier alpha value is -0.900. The number of ether oxygens (including phenoxy) is 1. The number of hydrogen-bond donors (Lipinski definition) is 0. The van der Waals surface area contributed by atoms with Gasteiger partial charge >= 0.3 is 0 Å². The van der Waals surface area contributed by atoms with E-state index in [0.29, 0.717) is 12.6 Å². The minimum Gasteiger partial charge on any atom is -0.370 e. The molecule has 0 aromatic heterocycles. The molecular formula is C13H19NO3. The van der Waals surface area contributed by atoms with Crippen molar-refractivity contribution < 1.29 is 14.3 Å². The highest BCUT2D eigenvalue weighted by atomic mass is 16.6. The molecule has 1 aliphatic carbocycles. The largest absolute Gasteiger partial charge is 0.370 e. The maximum Gasteiger partial charge on any atom is 0.233 e. The molecule has 4 unspecified atom stereocenters. The number of epoxide rings is 1. The second kappa shape index (κ2) is 4.09. The predicted octanol–water partition coefficient (Wildman–Crippen LogP) is 1.34. The maximum atomic E-state index is 12.1. The number of nitrogens with zero attached hydrogens (tertiary/aromatic N) is 1. The molecule has 2 saturated heterocycles. The Morgan fingerprint density at radius 3 is 2.18 bits per heavy atom. The van der Waals surface area contributed by atoms with Crippen molar-refractivity contribution in [1.82, 2.24) is 4.90 Å². The molecule has 4 atom stereocenters. The van der Waals surface area contributed by atoms with Gasteiger partial charge in [-0.25, -0.2) is 0 Å². The first-order valence-electron chi connectivity index (χ1n) is 6.69. The van der Waals surface area contributed by atoms with Crippen LogP contribution in [0.5, 0.6) is 0 Å². The van der Waals surface area contributed by atoms with Gasteiger partial charge in [-0.3, -0.25) is 14.5 Å². The number of likely N-dealkylation sites (tertiary alicyclic amines) is 1. The van der Waals surface area contributed by atoms with E-state index < -0.39 is 0 Å². The van der Waals surface area contributed by atoms with Crippen molar-refractivity contribution in [1.29, 1.82) is 0 Å². The third-order valence-electron chi connectivity index (χ3n) is 4.41. The molecule has 2 amide bonds. The van der Waals surface area contributed by atoms with Crippen molar-refractivity contribution in [2.75, 3.05) is 6.54 Å². The second-order valence-corrected chi connectivity index (χ2v) is 5.49. The molecule has 2 heterocycles.